The highest BCUT2D eigenvalue weighted by atomic mass is 16.5. The molecule has 2 N–H and O–H groups in total. The van der Waals surface area contributed by atoms with Crippen LogP contribution in [0.3, 0.4) is 0 Å². The smallest absolute Gasteiger partial charge is 0.339 e. The highest BCUT2D eigenvalue weighted by Crippen LogP contribution is 2.37. The van der Waals surface area contributed by atoms with Crippen molar-refractivity contribution < 1.29 is 23.7 Å². The number of urea groups is 1. The van der Waals surface area contributed by atoms with Crippen LogP contribution < -0.4 is 29.7 Å². The van der Waals surface area contributed by atoms with Crippen LogP contribution >= 0.6 is 0 Å². The molecule has 40 heavy (non-hydrogen) atoms. The predicted molar refractivity (Wildman–Crippen MR) is 149 cm³/mol. The first kappa shape index (κ1) is 26.0. The molecule has 0 radical (unpaired) electrons. The van der Waals surface area contributed by atoms with E-state index in [2.05, 4.69) is 31.1 Å². The van der Waals surface area contributed by atoms with Gasteiger partial charge in [0, 0.05) is 23.3 Å². The van der Waals surface area contributed by atoms with Crippen LogP contribution in [0.4, 0.5) is 10.5 Å². The lowest BCUT2D eigenvalue weighted by Crippen LogP contribution is -2.24. The number of nitrogens with zero attached hydrogens (tertiary/aromatic N) is 5. The number of hydrogen-bond acceptors (Lipinski definition) is 9. The Balaban J connectivity index is 1.17. The van der Waals surface area contributed by atoms with Crippen LogP contribution in [-0.2, 0) is 0 Å². The highest BCUT2D eigenvalue weighted by Gasteiger charge is 2.11. The van der Waals surface area contributed by atoms with Gasteiger partial charge in [0.05, 0.1) is 44.9 Å². The highest BCUT2D eigenvalue weighted by molar-refractivity contribution is 5.90. The van der Waals surface area contributed by atoms with Crippen LogP contribution in [0.1, 0.15) is 5.69 Å². The van der Waals surface area contributed by atoms with Crippen molar-refractivity contribution >= 4 is 28.8 Å². The molecule has 0 aliphatic carbocycles. The van der Waals surface area contributed by atoms with Crippen LogP contribution in [0.5, 0.6) is 28.7 Å². The van der Waals surface area contributed by atoms with Crippen molar-refractivity contribution in [2.45, 2.75) is 0 Å². The number of carbonyl (C=O) groups excluding carboxylic acids is 1. The Hall–Kier alpha value is -5.65. The maximum Gasteiger partial charge on any atom is 0.339 e. The summed E-state index contributed by atoms with van der Waals surface area (Å²) in [5, 5.41) is 15.5. The lowest BCUT2D eigenvalue weighted by molar-refractivity contribution is 0.252. The first-order chi connectivity index (χ1) is 19.6. The molecule has 202 valence electrons. The number of carbonyl (C=O) groups is 1. The monoisotopic (exact) mass is 539 g/mol. The van der Waals surface area contributed by atoms with Crippen molar-refractivity contribution in [3.63, 3.8) is 0 Å². The molecule has 5 aromatic rings. The van der Waals surface area contributed by atoms with E-state index in [1.165, 1.54) is 6.21 Å². The van der Waals surface area contributed by atoms with E-state index in [1.807, 2.05) is 30.3 Å². The summed E-state index contributed by atoms with van der Waals surface area (Å²) in [7, 11) is 4.75. The third-order valence-corrected chi connectivity index (χ3v) is 5.76. The molecule has 0 atom stereocenters. The zero-order valence-electron chi connectivity index (χ0n) is 21.9. The molecule has 2 heterocycles. The standard InChI is InChI=1S/C28H25N7O5/c1-37-21-10-6-20(7-11-21)35-17-19(32-34-35)16-30-33-28(36)31-18-4-8-22(9-5-18)40-25-12-13-29-24-15-27(39-3)26(38-2)14-23(24)25/h4-17H,1-3H3,(H2,31,33,36)/b30-16+. The van der Waals surface area contributed by atoms with E-state index in [0.29, 0.717) is 39.9 Å². The minimum atomic E-state index is -0.520. The molecule has 0 spiro atoms. The lowest BCUT2D eigenvalue weighted by Gasteiger charge is -2.12. The number of nitrogens with one attached hydrogen (secondary N) is 2. The number of anilines is 1. The number of benzene rings is 3. The summed E-state index contributed by atoms with van der Waals surface area (Å²) in [5.41, 5.74) is 4.94. The molecule has 12 heteroatoms. The molecule has 0 aliphatic heterocycles. The fourth-order valence-electron chi connectivity index (χ4n) is 3.78. The third kappa shape index (κ3) is 5.91. The largest absolute Gasteiger partial charge is 0.497 e. The zero-order valence-corrected chi connectivity index (χ0v) is 21.9. The van der Waals surface area contributed by atoms with Crippen LogP contribution in [0.25, 0.3) is 16.6 Å². The van der Waals surface area contributed by atoms with Gasteiger partial charge in [-0.15, -0.1) is 5.10 Å². The van der Waals surface area contributed by atoms with Crippen molar-refractivity contribution in [3.8, 4) is 34.4 Å². The Kier molecular flexibility index (Phi) is 7.67. The summed E-state index contributed by atoms with van der Waals surface area (Å²) in [6, 6.07) is 19.1. The summed E-state index contributed by atoms with van der Waals surface area (Å²) >= 11 is 0. The Labute approximate surface area is 229 Å². The predicted octanol–water partition coefficient (Wildman–Crippen LogP) is 4.79. The molecule has 0 saturated carbocycles. The maximum absolute atomic E-state index is 12.3. The second-order valence-electron chi connectivity index (χ2n) is 8.27. The number of aromatic nitrogens is 4. The van der Waals surface area contributed by atoms with E-state index < -0.39 is 6.03 Å². The Bertz CT molecular complexity index is 1650. The molecular formula is C28H25N7O5. The molecular weight excluding hydrogens is 514 g/mol. The van der Waals surface area contributed by atoms with Gasteiger partial charge in [-0.2, -0.15) is 5.10 Å². The first-order valence-corrected chi connectivity index (χ1v) is 12.0. The lowest BCUT2D eigenvalue weighted by atomic mass is 10.2. The fraction of sp³-hybridized carbons (Fsp3) is 0.107. The van der Waals surface area contributed by atoms with E-state index in [0.717, 1.165) is 16.8 Å². The SMILES string of the molecule is COc1ccc(-n2cc(/C=N/NC(=O)Nc3ccc(Oc4ccnc5cc(OC)c(OC)cc45)cc3)nn2)cc1. The summed E-state index contributed by atoms with van der Waals surface area (Å²) in [4.78, 5) is 16.7. The van der Waals surface area contributed by atoms with Gasteiger partial charge in [0.25, 0.3) is 0 Å². The number of ether oxygens (including phenoxy) is 4. The average molecular weight is 540 g/mol. The second kappa shape index (κ2) is 11.8. The number of fused-ring (bicyclic) bond motifs is 1. The molecule has 0 bridgehead atoms. The summed E-state index contributed by atoms with van der Waals surface area (Å²) in [5.74, 6) is 3.07. The van der Waals surface area contributed by atoms with Crippen LogP contribution in [0, 0.1) is 0 Å². The average Bonchev–Trinajstić information content (AvgIpc) is 3.46. The van der Waals surface area contributed by atoms with Gasteiger partial charge < -0.3 is 24.3 Å². The first-order valence-electron chi connectivity index (χ1n) is 12.0. The molecule has 0 saturated heterocycles. The van der Waals surface area contributed by atoms with Gasteiger partial charge >= 0.3 is 6.03 Å². The van der Waals surface area contributed by atoms with Crippen molar-refractivity contribution in [1.82, 2.24) is 25.4 Å². The number of hydrazone groups is 1. The minimum absolute atomic E-state index is 0.470. The Morgan fingerprint density at radius 2 is 1.60 bits per heavy atom. The molecule has 2 amide bonds. The number of hydrogen-bond donors (Lipinski definition) is 2. The second-order valence-corrected chi connectivity index (χ2v) is 8.27. The van der Waals surface area contributed by atoms with Gasteiger partial charge in [-0.05, 0) is 60.7 Å². The minimum Gasteiger partial charge on any atom is -0.497 e. The fourth-order valence-corrected chi connectivity index (χ4v) is 3.78. The third-order valence-electron chi connectivity index (χ3n) is 5.76. The van der Waals surface area contributed by atoms with E-state index in [9.17, 15) is 4.79 Å². The zero-order chi connectivity index (χ0) is 27.9. The van der Waals surface area contributed by atoms with Gasteiger partial charge in [0.15, 0.2) is 11.5 Å². The van der Waals surface area contributed by atoms with Crippen molar-refractivity contribution in [3.05, 3.63) is 84.8 Å². The van der Waals surface area contributed by atoms with Gasteiger partial charge in [-0.3, -0.25) is 4.98 Å². The van der Waals surface area contributed by atoms with Gasteiger partial charge in [0.1, 0.15) is 22.9 Å². The molecule has 12 nitrogen and oxygen atoms in total. The van der Waals surface area contributed by atoms with Gasteiger partial charge in [-0.25, -0.2) is 14.9 Å². The number of methoxy groups -OCH3 is 3. The molecule has 3 aromatic carbocycles. The summed E-state index contributed by atoms with van der Waals surface area (Å²) < 4.78 is 23.6. The van der Waals surface area contributed by atoms with E-state index in [-0.39, 0.29) is 0 Å². The van der Waals surface area contributed by atoms with Crippen molar-refractivity contribution in [2.75, 3.05) is 26.6 Å². The maximum atomic E-state index is 12.3. The molecule has 2 aromatic heterocycles. The van der Waals surface area contributed by atoms with Crippen molar-refractivity contribution in [1.29, 1.82) is 0 Å². The van der Waals surface area contributed by atoms with Crippen LogP contribution in [0.2, 0.25) is 0 Å². The summed E-state index contributed by atoms with van der Waals surface area (Å²) in [6.07, 6.45) is 4.74. The van der Waals surface area contributed by atoms with E-state index in [4.69, 9.17) is 18.9 Å². The molecule has 0 fully saturated rings. The summed E-state index contributed by atoms with van der Waals surface area (Å²) in [6.45, 7) is 0. The topological polar surface area (TPSA) is 134 Å². The normalized spacial score (nSPS) is 10.9. The van der Waals surface area contributed by atoms with Gasteiger partial charge in [-0.1, -0.05) is 5.21 Å². The molecule has 0 aliphatic rings. The van der Waals surface area contributed by atoms with Gasteiger partial charge in [0.2, 0.25) is 0 Å². The van der Waals surface area contributed by atoms with E-state index in [1.54, 1.807) is 74.8 Å². The number of rotatable bonds is 9. The number of amides is 2. The van der Waals surface area contributed by atoms with Crippen LogP contribution in [-0.4, -0.2) is 53.6 Å². The molecule has 0 unspecified atom stereocenters. The Morgan fingerprint density at radius 1 is 0.875 bits per heavy atom. The van der Waals surface area contributed by atoms with E-state index >= 15 is 0 Å². The van der Waals surface area contributed by atoms with Crippen LogP contribution in [0.15, 0.2) is 84.2 Å². The Morgan fingerprint density at radius 3 is 2.33 bits per heavy atom. The quantitative estimate of drug-likeness (QED) is 0.202. The van der Waals surface area contributed by atoms with Crippen molar-refractivity contribution in [2.24, 2.45) is 5.10 Å². The molecule has 5 rings (SSSR count). The number of pyridine rings is 1.